The van der Waals surface area contributed by atoms with E-state index in [2.05, 4.69) is 4.98 Å². The lowest BCUT2D eigenvalue weighted by Crippen LogP contribution is -2.05. The van der Waals surface area contributed by atoms with Crippen molar-refractivity contribution in [2.24, 2.45) is 5.73 Å². The average Bonchev–Trinajstić information content (AvgIpc) is 2.45. The van der Waals surface area contributed by atoms with Gasteiger partial charge in [-0.25, -0.2) is 4.98 Å². The second kappa shape index (κ2) is 5.50. The smallest absolute Gasteiger partial charge is 0.416 e. The van der Waals surface area contributed by atoms with E-state index in [1.807, 2.05) is 0 Å². The van der Waals surface area contributed by atoms with E-state index in [0.717, 1.165) is 12.1 Å². The van der Waals surface area contributed by atoms with Crippen molar-refractivity contribution in [1.29, 1.82) is 0 Å². The molecule has 0 aliphatic heterocycles. The van der Waals surface area contributed by atoms with Crippen LogP contribution >= 0.6 is 0 Å². The van der Waals surface area contributed by atoms with Crippen molar-refractivity contribution in [3.63, 3.8) is 0 Å². The Bertz CT molecular complexity index is 594. The van der Waals surface area contributed by atoms with Gasteiger partial charge in [-0.2, -0.15) is 13.2 Å². The monoisotopic (exact) mass is 282 g/mol. The van der Waals surface area contributed by atoms with Crippen LogP contribution in [-0.4, -0.2) is 12.1 Å². The van der Waals surface area contributed by atoms with Gasteiger partial charge < -0.3 is 10.5 Å². The minimum absolute atomic E-state index is 0.248. The Hall–Kier alpha value is -2.08. The van der Waals surface area contributed by atoms with E-state index in [1.54, 1.807) is 12.1 Å². The van der Waals surface area contributed by atoms with Gasteiger partial charge in [0.05, 0.1) is 18.4 Å². The average molecular weight is 282 g/mol. The van der Waals surface area contributed by atoms with Crippen molar-refractivity contribution in [2.45, 2.75) is 12.7 Å². The van der Waals surface area contributed by atoms with Gasteiger partial charge in [0.2, 0.25) is 0 Å². The van der Waals surface area contributed by atoms with Gasteiger partial charge in [-0.1, -0.05) is 12.1 Å². The van der Waals surface area contributed by atoms with Gasteiger partial charge in [-0.15, -0.1) is 0 Å². The molecule has 0 amide bonds. The van der Waals surface area contributed by atoms with Gasteiger partial charge in [0.15, 0.2) is 0 Å². The molecule has 106 valence electrons. The quantitative estimate of drug-likeness (QED) is 0.940. The lowest BCUT2D eigenvalue weighted by atomic mass is 10.1. The molecule has 3 nitrogen and oxygen atoms in total. The van der Waals surface area contributed by atoms with Crippen LogP contribution in [0, 0.1) is 0 Å². The largest absolute Gasteiger partial charge is 0.494 e. The Labute approximate surface area is 114 Å². The first-order valence-electron chi connectivity index (χ1n) is 5.87. The number of pyridine rings is 1. The van der Waals surface area contributed by atoms with Crippen molar-refractivity contribution in [3.8, 4) is 17.0 Å². The lowest BCUT2D eigenvalue weighted by molar-refractivity contribution is -0.137. The standard InChI is InChI=1S/C14H13F3N2O/c1-20-12-7-6-11(8-18)19-13(12)9-2-4-10(5-3-9)14(15,16)17/h2-7H,8,18H2,1H3. The first-order valence-corrected chi connectivity index (χ1v) is 5.87. The number of nitrogens with zero attached hydrogens (tertiary/aromatic N) is 1. The van der Waals surface area contributed by atoms with Crippen molar-refractivity contribution in [2.75, 3.05) is 7.11 Å². The molecular formula is C14H13F3N2O. The summed E-state index contributed by atoms with van der Waals surface area (Å²) in [4.78, 5) is 4.29. The molecule has 0 saturated carbocycles. The number of ether oxygens (including phenoxy) is 1. The molecule has 1 aromatic carbocycles. The molecule has 0 unspecified atom stereocenters. The summed E-state index contributed by atoms with van der Waals surface area (Å²) in [5, 5.41) is 0. The first kappa shape index (κ1) is 14.3. The van der Waals surface area contributed by atoms with E-state index < -0.39 is 11.7 Å². The van der Waals surface area contributed by atoms with Crippen LogP contribution in [0.4, 0.5) is 13.2 Å². The Balaban J connectivity index is 2.45. The molecule has 1 heterocycles. The topological polar surface area (TPSA) is 48.1 Å². The summed E-state index contributed by atoms with van der Waals surface area (Å²) >= 11 is 0. The third-order valence-corrected chi connectivity index (χ3v) is 2.83. The highest BCUT2D eigenvalue weighted by Crippen LogP contribution is 2.33. The summed E-state index contributed by atoms with van der Waals surface area (Å²) in [7, 11) is 1.48. The molecule has 2 rings (SSSR count). The molecule has 0 aliphatic rings. The summed E-state index contributed by atoms with van der Waals surface area (Å²) in [6.07, 6.45) is -4.35. The number of alkyl halides is 3. The Morgan fingerprint density at radius 3 is 2.25 bits per heavy atom. The number of benzene rings is 1. The molecule has 0 saturated heterocycles. The number of hydrogen-bond acceptors (Lipinski definition) is 3. The van der Waals surface area contributed by atoms with Crippen LogP contribution in [0.25, 0.3) is 11.3 Å². The molecule has 2 N–H and O–H groups in total. The summed E-state index contributed by atoms with van der Waals surface area (Å²) in [5.41, 5.74) is 6.48. The second-order valence-corrected chi connectivity index (χ2v) is 4.13. The zero-order valence-corrected chi connectivity index (χ0v) is 10.7. The number of hydrogen-bond donors (Lipinski definition) is 1. The number of aromatic nitrogens is 1. The Kier molecular flexibility index (Phi) is 3.94. The molecule has 0 bridgehead atoms. The highest BCUT2D eigenvalue weighted by Gasteiger charge is 2.30. The van der Waals surface area contributed by atoms with Gasteiger partial charge in [0.1, 0.15) is 11.4 Å². The summed E-state index contributed by atoms with van der Waals surface area (Å²) in [6.45, 7) is 0.248. The van der Waals surface area contributed by atoms with E-state index >= 15 is 0 Å². The number of methoxy groups -OCH3 is 1. The SMILES string of the molecule is COc1ccc(CN)nc1-c1ccc(C(F)(F)F)cc1. The third kappa shape index (κ3) is 2.91. The molecule has 0 radical (unpaired) electrons. The van der Waals surface area contributed by atoms with Gasteiger partial charge in [-0.05, 0) is 24.3 Å². The maximum absolute atomic E-state index is 12.5. The normalized spacial score (nSPS) is 11.4. The zero-order valence-electron chi connectivity index (χ0n) is 10.7. The van der Waals surface area contributed by atoms with Crippen molar-refractivity contribution in [3.05, 3.63) is 47.7 Å². The Morgan fingerprint density at radius 1 is 1.10 bits per heavy atom. The minimum atomic E-state index is -4.35. The Morgan fingerprint density at radius 2 is 1.75 bits per heavy atom. The van der Waals surface area contributed by atoms with Crippen LogP contribution < -0.4 is 10.5 Å². The van der Waals surface area contributed by atoms with Crippen molar-refractivity contribution < 1.29 is 17.9 Å². The highest BCUT2D eigenvalue weighted by atomic mass is 19.4. The molecule has 20 heavy (non-hydrogen) atoms. The van der Waals surface area contributed by atoms with Gasteiger partial charge in [0.25, 0.3) is 0 Å². The van der Waals surface area contributed by atoms with Crippen LogP contribution in [-0.2, 0) is 12.7 Å². The maximum Gasteiger partial charge on any atom is 0.416 e. The predicted molar refractivity (Wildman–Crippen MR) is 69.1 cm³/mol. The van der Waals surface area contributed by atoms with E-state index in [4.69, 9.17) is 10.5 Å². The molecule has 0 spiro atoms. The molecule has 6 heteroatoms. The molecule has 1 aromatic heterocycles. The van der Waals surface area contributed by atoms with Crippen LogP contribution in [0.5, 0.6) is 5.75 Å². The van der Waals surface area contributed by atoms with Crippen LogP contribution in [0.15, 0.2) is 36.4 Å². The number of halogens is 3. The number of nitrogens with two attached hydrogens (primary N) is 1. The molecule has 0 aliphatic carbocycles. The third-order valence-electron chi connectivity index (χ3n) is 2.83. The van der Waals surface area contributed by atoms with Gasteiger partial charge >= 0.3 is 6.18 Å². The van der Waals surface area contributed by atoms with Crippen LogP contribution in [0.1, 0.15) is 11.3 Å². The summed E-state index contributed by atoms with van der Waals surface area (Å²) in [6, 6.07) is 8.19. The van der Waals surface area contributed by atoms with Crippen LogP contribution in [0.2, 0.25) is 0 Å². The van der Waals surface area contributed by atoms with E-state index in [9.17, 15) is 13.2 Å². The fraction of sp³-hybridized carbons (Fsp3) is 0.214. The van der Waals surface area contributed by atoms with Crippen LogP contribution in [0.3, 0.4) is 0 Å². The fourth-order valence-corrected chi connectivity index (χ4v) is 1.79. The van der Waals surface area contributed by atoms with Crippen molar-refractivity contribution in [1.82, 2.24) is 4.98 Å². The van der Waals surface area contributed by atoms with Gasteiger partial charge in [0, 0.05) is 12.1 Å². The van der Waals surface area contributed by atoms with E-state index in [-0.39, 0.29) is 6.54 Å². The fourth-order valence-electron chi connectivity index (χ4n) is 1.79. The molecule has 2 aromatic rings. The molecular weight excluding hydrogens is 269 g/mol. The lowest BCUT2D eigenvalue weighted by Gasteiger charge is -2.11. The summed E-state index contributed by atoms with van der Waals surface area (Å²) in [5.74, 6) is 0.488. The highest BCUT2D eigenvalue weighted by molar-refractivity contribution is 5.66. The first-order chi connectivity index (χ1) is 9.45. The summed E-state index contributed by atoms with van der Waals surface area (Å²) < 4.78 is 42.8. The molecule has 0 fully saturated rings. The zero-order chi connectivity index (χ0) is 14.8. The van der Waals surface area contributed by atoms with Gasteiger partial charge in [-0.3, -0.25) is 0 Å². The van der Waals surface area contributed by atoms with E-state index in [0.29, 0.717) is 22.7 Å². The number of rotatable bonds is 3. The maximum atomic E-state index is 12.5. The second-order valence-electron chi connectivity index (χ2n) is 4.13. The van der Waals surface area contributed by atoms with Crippen molar-refractivity contribution >= 4 is 0 Å². The molecule has 0 atom stereocenters. The predicted octanol–water partition coefficient (Wildman–Crippen LogP) is 3.23. The minimum Gasteiger partial charge on any atom is -0.494 e. The van der Waals surface area contributed by atoms with E-state index in [1.165, 1.54) is 19.2 Å².